The molecule has 11 nitrogen and oxygen atoms in total. The van der Waals surface area contributed by atoms with Gasteiger partial charge in [0.25, 0.3) is 5.91 Å². The summed E-state index contributed by atoms with van der Waals surface area (Å²) in [5.74, 6) is -1.83. The second kappa shape index (κ2) is 13.3. The quantitative estimate of drug-likeness (QED) is 0.180. The number of likely N-dealkylation sites (N-methyl/N-ethyl adjacent to an activating group) is 1. The fraction of sp³-hybridized carbons (Fsp3) is 0.458. The lowest BCUT2D eigenvalue weighted by Crippen LogP contribution is -2.42. The lowest BCUT2D eigenvalue weighted by molar-refractivity contribution is -0.383. The van der Waals surface area contributed by atoms with E-state index in [2.05, 4.69) is 0 Å². The zero-order valence-corrected chi connectivity index (χ0v) is 22.0. The van der Waals surface area contributed by atoms with E-state index < -0.39 is 32.0 Å². The fourth-order valence-corrected chi connectivity index (χ4v) is 4.08. The van der Waals surface area contributed by atoms with Crippen LogP contribution >= 0.6 is 8.46 Å². The van der Waals surface area contributed by atoms with E-state index in [0.717, 1.165) is 5.06 Å². The van der Waals surface area contributed by atoms with E-state index in [1.54, 1.807) is 52.0 Å². The minimum atomic E-state index is -1.89. The standard InChI is InChI=1S/C24H31N2O9P/c1-6-31-22(28)19-16-12-10-15(11-13-17(16)20(21(19)25)23(29)32-7-2)14-18(27)26(5)35-24(36-30,33-8-3)34-9-4/h10-13H,6-9,14,25H2,1-5H3/p+1. The number of nitrogens with two attached hydrogens (primary N) is 1. The molecule has 12 heteroatoms. The summed E-state index contributed by atoms with van der Waals surface area (Å²) in [6.07, 6.45) is -0.122. The monoisotopic (exact) mass is 523 g/mol. The van der Waals surface area contributed by atoms with Gasteiger partial charge in [-0.15, -0.1) is 0 Å². The van der Waals surface area contributed by atoms with Gasteiger partial charge in [-0.25, -0.2) is 14.7 Å². The molecule has 0 aromatic rings. The molecule has 2 rings (SSSR count). The van der Waals surface area contributed by atoms with Crippen molar-refractivity contribution in [3.05, 3.63) is 41.0 Å². The summed E-state index contributed by atoms with van der Waals surface area (Å²) in [4.78, 5) is 43.5. The molecule has 1 unspecified atom stereocenters. The molecule has 2 aliphatic rings. The number of nitrogens with zero attached hydrogens (tertiary/aromatic N) is 1. The van der Waals surface area contributed by atoms with Crippen LogP contribution in [0.5, 0.6) is 0 Å². The first-order chi connectivity index (χ1) is 17.2. The largest absolute Gasteiger partial charge is 0.516 e. The third-order valence-corrected chi connectivity index (χ3v) is 5.64. The van der Waals surface area contributed by atoms with Crippen molar-refractivity contribution >= 4 is 32.0 Å². The summed E-state index contributed by atoms with van der Waals surface area (Å²) in [5, 5.41) is 0.898. The fourth-order valence-electron chi connectivity index (χ4n) is 3.50. The highest BCUT2D eigenvalue weighted by molar-refractivity contribution is 7.25. The summed E-state index contributed by atoms with van der Waals surface area (Å²) < 4.78 is 32.6. The maximum absolute atomic E-state index is 12.8. The van der Waals surface area contributed by atoms with Gasteiger partial charge in [0.05, 0.1) is 49.7 Å². The highest BCUT2D eigenvalue weighted by Crippen LogP contribution is 2.39. The Morgan fingerprint density at radius 2 is 1.33 bits per heavy atom. The molecule has 2 aliphatic carbocycles. The maximum atomic E-state index is 12.8. The highest BCUT2D eigenvalue weighted by Gasteiger charge is 2.46. The van der Waals surface area contributed by atoms with Crippen LogP contribution in [0.2, 0.25) is 0 Å². The van der Waals surface area contributed by atoms with Crippen molar-refractivity contribution in [2.45, 2.75) is 39.8 Å². The Kier molecular flexibility index (Phi) is 10.7. The number of amides is 1. The lowest BCUT2D eigenvalue weighted by Gasteiger charge is -2.24. The van der Waals surface area contributed by atoms with E-state index in [-0.39, 0.29) is 49.7 Å². The first-order valence-electron chi connectivity index (χ1n) is 11.5. The molecule has 0 fully saturated rings. The Morgan fingerprint density at radius 3 is 1.72 bits per heavy atom. The Labute approximate surface area is 211 Å². The predicted molar refractivity (Wildman–Crippen MR) is 132 cm³/mol. The Morgan fingerprint density at radius 1 is 0.861 bits per heavy atom. The van der Waals surface area contributed by atoms with Crippen LogP contribution in [0, 0.1) is 0 Å². The normalized spacial score (nSPS) is 11.5. The molecule has 0 heterocycles. The maximum Gasteiger partial charge on any atom is 0.516 e. The number of ether oxygens (including phenoxy) is 4. The number of carbonyl (C=O) groups is 3. The second-order valence-corrected chi connectivity index (χ2v) is 8.17. The lowest BCUT2D eigenvalue weighted by atomic mass is 10.1. The molecule has 0 spiro atoms. The molecule has 196 valence electrons. The number of rotatable bonds is 13. The zero-order chi connectivity index (χ0) is 26.9. The Bertz CT molecular complexity index is 1010. The van der Waals surface area contributed by atoms with Crippen LogP contribution in [0.3, 0.4) is 0 Å². The third kappa shape index (κ3) is 6.55. The SMILES string of the molecule is CCOC(=O)c1c2ccc(CC(=O)N(C)OC(OCC)(OCC)[PH+]=O)ccc-2c(C(=O)OCC)c1N. The van der Waals surface area contributed by atoms with Crippen molar-refractivity contribution in [1.82, 2.24) is 5.06 Å². The predicted octanol–water partition coefficient (Wildman–Crippen LogP) is 3.37. The average molecular weight is 523 g/mol. The molecule has 0 aromatic carbocycles. The molecular weight excluding hydrogens is 491 g/mol. The van der Waals surface area contributed by atoms with Gasteiger partial charge < -0.3 is 15.2 Å². The van der Waals surface area contributed by atoms with Crippen LogP contribution in [0.15, 0.2) is 24.3 Å². The van der Waals surface area contributed by atoms with Gasteiger partial charge in [-0.1, -0.05) is 28.8 Å². The minimum Gasteiger partial charge on any atom is -0.462 e. The van der Waals surface area contributed by atoms with Gasteiger partial charge in [0.2, 0.25) is 0 Å². The van der Waals surface area contributed by atoms with Crippen LogP contribution in [-0.2, 0) is 39.6 Å². The molecule has 0 saturated heterocycles. The van der Waals surface area contributed by atoms with Gasteiger partial charge in [0.1, 0.15) is 0 Å². The van der Waals surface area contributed by atoms with Gasteiger partial charge in [0, 0.05) is 7.05 Å². The smallest absolute Gasteiger partial charge is 0.462 e. The van der Waals surface area contributed by atoms with Crippen LogP contribution in [-0.4, -0.2) is 62.1 Å². The molecule has 2 N–H and O–H groups in total. The molecule has 0 radical (unpaired) electrons. The highest BCUT2D eigenvalue weighted by atomic mass is 31.1. The van der Waals surface area contributed by atoms with Crippen molar-refractivity contribution in [1.29, 1.82) is 0 Å². The third-order valence-electron chi connectivity index (χ3n) is 5.01. The summed E-state index contributed by atoms with van der Waals surface area (Å²) in [6.45, 7) is 7.22. The molecule has 0 aromatic heterocycles. The molecule has 0 bridgehead atoms. The van der Waals surface area contributed by atoms with Gasteiger partial charge in [-0.05, 0) is 44.4 Å². The van der Waals surface area contributed by atoms with Crippen molar-refractivity contribution in [3.63, 3.8) is 0 Å². The van der Waals surface area contributed by atoms with Crippen molar-refractivity contribution in [2.24, 2.45) is 0 Å². The number of anilines is 1. The summed E-state index contributed by atoms with van der Waals surface area (Å²) in [7, 11) is 0.207. The first kappa shape index (κ1) is 29.1. The molecule has 0 aliphatic heterocycles. The molecule has 1 atom stereocenters. The van der Waals surface area contributed by atoms with Crippen LogP contribution < -0.4 is 5.73 Å². The summed E-state index contributed by atoms with van der Waals surface area (Å²) in [5.41, 5.74) is 5.67. The van der Waals surface area contributed by atoms with Gasteiger partial charge in [-0.3, -0.25) is 14.3 Å². The van der Waals surface area contributed by atoms with E-state index in [1.165, 1.54) is 7.05 Å². The Balaban J connectivity index is 2.42. The molecular formula is C24H32N2O9P+. The average Bonchev–Trinajstić information content (AvgIpc) is 2.97. The van der Waals surface area contributed by atoms with Gasteiger partial charge in [0.15, 0.2) is 0 Å². The first-order valence-corrected chi connectivity index (χ1v) is 12.4. The van der Waals surface area contributed by atoms with Crippen LogP contribution in [0.1, 0.15) is 54.0 Å². The number of fused-ring (bicyclic) bond motifs is 1. The van der Waals surface area contributed by atoms with E-state index in [0.29, 0.717) is 16.7 Å². The van der Waals surface area contributed by atoms with Crippen molar-refractivity contribution < 1.29 is 42.7 Å². The summed E-state index contributed by atoms with van der Waals surface area (Å²) in [6, 6.07) is 6.43. The van der Waals surface area contributed by atoms with Gasteiger partial charge >= 0.3 is 26.1 Å². The van der Waals surface area contributed by atoms with E-state index in [9.17, 15) is 18.9 Å². The van der Waals surface area contributed by atoms with Crippen molar-refractivity contribution in [3.8, 4) is 11.1 Å². The zero-order valence-electron chi connectivity index (χ0n) is 21.0. The number of hydroxylamine groups is 2. The molecule has 0 saturated carbocycles. The van der Waals surface area contributed by atoms with Crippen LogP contribution in [0.25, 0.3) is 11.1 Å². The van der Waals surface area contributed by atoms with Gasteiger partial charge in [-0.2, -0.15) is 4.84 Å². The molecule has 1 amide bonds. The number of nitrogen functional groups attached to an aromatic ring is 1. The van der Waals surface area contributed by atoms with E-state index in [4.69, 9.17) is 29.5 Å². The summed E-state index contributed by atoms with van der Waals surface area (Å²) >= 11 is 0. The van der Waals surface area contributed by atoms with E-state index in [1.807, 2.05) is 0 Å². The second-order valence-electron chi connectivity index (χ2n) is 7.36. The van der Waals surface area contributed by atoms with Crippen molar-refractivity contribution in [2.75, 3.05) is 39.2 Å². The Hall–Kier alpha value is -3.11. The number of hydrogen-bond donors (Lipinski definition) is 1. The topological polar surface area (TPSA) is 144 Å². The number of esters is 2. The van der Waals surface area contributed by atoms with E-state index >= 15 is 0 Å². The minimum absolute atomic E-state index is 0.0273. The van der Waals surface area contributed by atoms with Crippen LogP contribution in [0.4, 0.5) is 5.69 Å². The number of carbonyl (C=O) groups excluding carboxylic acids is 3. The number of hydrogen-bond acceptors (Lipinski definition) is 10. The molecule has 36 heavy (non-hydrogen) atoms.